The van der Waals surface area contributed by atoms with Crippen molar-refractivity contribution in [3.05, 3.63) is 47.1 Å². The van der Waals surface area contributed by atoms with Gasteiger partial charge in [0, 0.05) is 12.6 Å². The number of anilines is 2. The molecule has 21 heavy (non-hydrogen) atoms. The SMILES string of the molecule is Nc1nc(Cl)cc(NCCS(=O)(=O)Cc2ccccc2)n1. The molecular formula is C13H15ClN4O2S. The van der Waals surface area contributed by atoms with Crippen molar-refractivity contribution in [2.75, 3.05) is 23.3 Å². The molecule has 0 saturated carbocycles. The largest absolute Gasteiger partial charge is 0.369 e. The first kappa shape index (κ1) is 15.5. The Bertz CT molecular complexity index is 687. The summed E-state index contributed by atoms with van der Waals surface area (Å²) < 4.78 is 24.0. The van der Waals surface area contributed by atoms with E-state index in [4.69, 9.17) is 17.3 Å². The minimum atomic E-state index is -3.20. The van der Waals surface area contributed by atoms with Crippen LogP contribution in [0.15, 0.2) is 36.4 Å². The molecule has 0 atom stereocenters. The molecule has 1 heterocycles. The molecule has 8 heteroatoms. The second kappa shape index (κ2) is 6.73. The van der Waals surface area contributed by atoms with Gasteiger partial charge in [0.15, 0.2) is 9.84 Å². The molecule has 0 radical (unpaired) electrons. The molecule has 2 rings (SSSR count). The zero-order valence-corrected chi connectivity index (χ0v) is 12.7. The summed E-state index contributed by atoms with van der Waals surface area (Å²) in [5, 5.41) is 3.08. The Morgan fingerprint density at radius 2 is 1.90 bits per heavy atom. The van der Waals surface area contributed by atoms with Gasteiger partial charge in [0.05, 0.1) is 11.5 Å². The highest BCUT2D eigenvalue weighted by Gasteiger charge is 2.11. The predicted molar refractivity (Wildman–Crippen MR) is 83.9 cm³/mol. The summed E-state index contributed by atoms with van der Waals surface area (Å²) in [6.07, 6.45) is 0. The second-order valence-corrected chi connectivity index (χ2v) is 7.01. The summed E-state index contributed by atoms with van der Waals surface area (Å²) in [5.74, 6) is 0.450. The van der Waals surface area contributed by atoms with Crippen LogP contribution in [0, 0.1) is 0 Å². The topological polar surface area (TPSA) is 98.0 Å². The summed E-state index contributed by atoms with van der Waals surface area (Å²) in [6.45, 7) is 0.224. The van der Waals surface area contributed by atoms with Gasteiger partial charge in [-0.3, -0.25) is 0 Å². The van der Waals surface area contributed by atoms with Crippen molar-refractivity contribution < 1.29 is 8.42 Å². The smallest absolute Gasteiger partial charge is 0.223 e. The lowest BCUT2D eigenvalue weighted by molar-refractivity contribution is 0.595. The van der Waals surface area contributed by atoms with Crippen molar-refractivity contribution in [3.63, 3.8) is 0 Å². The number of aromatic nitrogens is 2. The molecule has 0 unspecified atom stereocenters. The average Bonchev–Trinajstić information content (AvgIpc) is 2.37. The van der Waals surface area contributed by atoms with Crippen molar-refractivity contribution in [1.29, 1.82) is 0 Å². The normalized spacial score (nSPS) is 11.3. The van der Waals surface area contributed by atoms with Gasteiger partial charge in [-0.25, -0.2) is 13.4 Å². The van der Waals surface area contributed by atoms with E-state index in [1.807, 2.05) is 18.2 Å². The summed E-state index contributed by atoms with van der Waals surface area (Å²) in [4.78, 5) is 7.63. The summed E-state index contributed by atoms with van der Waals surface area (Å²) in [5.41, 5.74) is 6.22. The number of nitrogens with one attached hydrogen (secondary N) is 1. The molecule has 0 spiro atoms. The van der Waals surface area contributed by atoms with E-state index in [-0.39, 0.29) is 29.2 Å². The highest BCUT2D eigenvalue weighted by Crippen LogP contribution is 2.12. The van der Waals surface area contributed by atoms with E-state index in [9.17, 15) is 8.42 Å². The minimum absolute atomic E-state index is 0.0105. The molecule has 0 aliphatic heterocycles. The van der Waals surface area contributed by atoms with Crippen molar-refractivity contribution in [2.45, 2.75) is 5.75 Å². The quantitative estimate of drug-likeness (QED) is 0.785. The number of rotatable bonds is 6. The molecule has 0 aliphatic carbocycles. The van der Waals surface area contributed by atoms with Crippen molar-refractivity contribution in [2.24, 2.45) is 0 Å². The number of sulfone groups is 1. The number of nitrogen functional groups attached to an aromatic ring is 1. The fraction of sp³-hybridized carbons (Fsp3) is 0.231. The summed E-state index contributed by atoms with van der Waals surface area (Å²) in [7, 11) is -3.20. The van der Waals surface area contributed by atoms with E-state index in [2.05, 4.69) is 15.3 Å². The first-order valence-electron chi connectivity index (χ1n) is 6.23. The standard InChI is InChI=1S/C13H15ClN4O2S/c14-11-8-12(18-13(15)17-11)16-6-7-21(19,20)9-10-4-2-1-3-5-10/h1-5,8H,6-7,9H2,(H3,15,16,17,18). The first-order valence-corrected chi connectivity index (χ1v) is 8.43. The van der Waals surface area contributed by atoms with Gasteiger partial charge >= 0.3 is 0 Å². The minimum Gasteiger partial charge on any atom is -0.369 e. The molecule has 0 bridgehead atoms. The fourth-order valence-electron chi connectivity index (χ4n) is 1.76. The number of nitrogens with two attached hydrogens (primary N) is 1. The van der Waals surface area contributed by atoms with Crippen molar-refractivity contribution in [3.8, 4) is 0 Å². The van der Waals surface area contributed by atoms with E-state index in [1.165, 1.54) is 6.07 Å². The zero-order valence-electron chi connectivity index (χ0n) is 11.2. The Labute approximate surface area is 128 Å². The molecule has 1 aromatic carbocycles. The van der Waals surface area contributed by atoms with Crippen LogP contribution in [0.1, 0.15) is 5.56 Å². The molecule has 3 N–H and O–H groups in total. The van der Waals surface area contributed by atoms with Gasteiger partial charge in [-0.05, 0) is 5.56 Å². The molecule has 0 fully saturated rings. The van der Waals surface area contributed by atoms with E-state index in [0.29, 0.717) is 5.82 Å². The summed E-state index contributed by atoms with van der Waals surface area (Å²) >= 11 is 5.74. The van der Waals surface area contributed by atoms with Crippen LogP contribution in [0.3, 0.4) is 0 Å². The number of halogens is 1. The highest BCUT2D eigenvalue weighted by molar-refractivity contribution is 7.90. The molecule has 1 aromatic heterocycles. The third-order valence-corrected chi connectivity index (χ3v) is 4.45. The van der Waals surface area contributed by atoms with Crippen LogP contribution >= 0.6 is 11.6 Å². The van der Waals surface area contributed by atoms with Crippen molar-refractivity contribution in [1.82, 2.24) is 9.97 Å². The predicted octanol–water partition coefficient (Wildman–Crippen LogP) is 1.74. The van der Waals surface area contributed by atoms with Crippen LogP contribution in [-0.2, 0) is 15.6 Å². The number of benzene rings is 1. The number of hydrogen-bond acceptors (Lipinski definition) is 6. The van der Waals surface area contributed by atoms with Crippen molar-refractivity contribution >= 4 is 33.2 Å². The van der Waals surface area contributed by atoms with Crippen LogP contribution in [-0.4, -0.2) is 30.7 Å². The molecular weight excluding hydrogens is 312 g/mol. The van der Waals surface area contributed by atoms with E-state index in [1.54, 1.807) is 12.1 Å². The molecule has 112 valence electrons. The lowest BCUT2D eigenvalue weighted by Crippen LogP contribution is -2.18. The van der Waals surface area contributed by atoms with Crippen LogP contribution in [0.4, 0.5) is 11.8 Å². The van der Waals surface area contributed by atoms with E-state index < -0.39 is 9.84 Å². The van der Waals surface area contributed by atoms with Gasteiger partial charge in [0.1, 0.15) is 11.0 Å². The second-order valence-electron chi connectivity index (χ2n) is 4.44. The maximum absolute atomic E-state index is 12.0. The zero-order chi connectivity index (χ0) is 15.3. The Morgan fingerprint density at radius 1 is 1.19 bits per heavy atom. The maximum Gasteiger partial charge on any atom is 0.223 e. The van der Waals surface area contributed by atoms with Gasteiger partial charge < -0.3 is 11.1 Å². The Kier molecular flexibility index (Phi) is 4.98. The molecule has 0 aliphatic rings. The lowest BCUT2D eigenvalue weighted by atomic mass is 10.2. The van der Waals surface area contributed by atoms with Gasteiger partial charge in [-0.2, -0.15) is 4.98 Å². The third-order valence-electron chi connectivity index (χ3n) is 2.66. The van der Waals surface area contributed by atoms with Crippen LogP contribution in [0.2, 0.25) is 5.15 Å². The maximum atomic E-state index is 12.0. The van der Waals surface area contributed by atoms with E-state index in [0.717, 1.165) is 5.56 Å². The van der Waals surface area contributed by atoms with E-state index >= 15 is 0 Å². The molecule has 0 amide bonds. The Morgan fingerprint density at radius 3 is 2.57 bits per heavy atom. The van der Waals surface area contributed by atoms with Crippen LogP contribution in [0.5, 0.6) is 0 Å². The average molecular weight is 327 g/mol. The monoisotopic (exact) mass is 326 g/mol. The lowest BCUT2D eigenvalue weighted by Gasteiger charge is -2.07. The third kappa shape index (κ3) is 5.20. The molecule has 6 nitrogen and oxygen atoms in total. The Hall–Kier alpha value is -1.86. The fourth-order valence-corrected chi connectivity index (χ4v) is 3.21. The van der Waals surface area contributed by atoms with Crippen LogP contribution < -0.4 is 11.1 Å². The van der Waals surface area contributed by atoms with Gasteiger partial charge in [0.2, 0.25) is 5.95 Å². The van der Waals surface area contributed by atoms with Gasteiger partial charge in [-0.1, -0.05) is 41.9 Å². The van der Waals surface area contributed by atoms with Gasteiger partial charge in [0.25, 0.3) is 0 Å². The first-order chi connectivity index (χ1) is 9.94. The Balaban J connectivity index is 1.90. The summed E-state index contributed by atoms with van der Waals surface area (Å²) in [6, 6.07) is 10.5. The molecule has 0 saturated heterocycles. The highest BCUT2D eigenvalue weighted by atomic mass is 35.5. The number of nitrogens with zero attached hydrogens (tertiary/aromatic N) is 2. The van der Waals surface area contributed by atoms with Crippen LogP contribution in [0.25, 0.3) is 0 Å². The molecule has 2 aromatic rings. The van der Waals surface area contributed by atoms with Gasteiger partial charge in [-0.15, -0.1) is 0 Å². The number of hydrogen-bond donors (Lipinski definition) is 2.